The van der Waals surface area contributed by atoms with Gasteiger partial charge in [0.2, 0.25) is 0 Å². The number of methoxy groups -OCH3 is 1. The third-order valence-corrected chi connectivity index (χ3v) is 5.45. The maximum Gasteiger partial charge on any atom is 0.188 e. The first-order valence-corrected chi connectivity index (χ1v) is 10.7. The van der Waals surface area contributed by atoms with E-state index in [4.69, 9.17) is 20.2 Å². The lowest BCUT2D eigenvalue weighted by atomic mass is 9.94. The van der Waals surface area contributed by atoms with E-state index in [2.05, 4.69) is 42.3 Å². The first kappa shape index (κ1) is 22.6. The van der Waals surface area contributed by atoms with Gasteiger partial charge in [0.25, 0.3) is 0 Å². The molecule has 1 aromatic heterocycles. The Morgan fingerprint density at radius 2 is 2.16 bits per heavy atom. The number of pyridine rings is 1. The maximum absolute atomic E-state index is 6.31. The summed E-state index contributed by atoms with van der Waals surface area (Å²) >= 11 is 0. The molecule has 0 amide bonds. The van der Waals surface area contributed by atoms with Gasteiger partial charge in [-0.1, -0.05) is 26.0 Å². The molecule has 0 saturated carbocycles. The van der Waals surface area contributed by atoms with Crippen molar-refractivity contribution in [2.75, 3.05) is 20.4 Å². The zero-order chi connectivity index (χ0) is 22.2. The van der Waals surface area contributed by atoms with E-state index in [1.165, 1.54) is 0 Å². The van der Waals surface area contributed by atoms with Crippen LogP contribution in [0.25, 0.3) is 11.4 Å². The molecule has 0 radical (unpaired) electrons. The Hall–Kier alpha value is -3.12. The second-order valence-corrected chi connectivity index (χ2v) is 7.57. The highest BCUT2D eigenvalue weighted by Gasteiger charge is 2.18. The molecular formula is C25H32N4O2. The Kier molecular flexibility index (Phi) is 7.84. The average Bonchev–Trinajstić information content (AvgIpc) is 2.96. The molecule has 2 aromatic rings. The predicted octanol–water partition coefficient (Wildman–Crippen LogP) is 2.65. The summed E-state index contributed by atoms with van der Waals surface area (Å²) in [5, 5.41) is 5.52. The molecular weight excluding hydrogens is 388 g/mol. The van der Waals surface area contributed by atoms with Gasteiger partial charge >= 0.3 is 0 Å². The molecule has 1 aliphatic rings. The SMILES string of the molecule is C/C=C\N=C(c1ccc(C2=c3ccncc3=C(N)CCN2)c(OCOC)c1)C(C)CC. The fourth-order valence-electron chi connectivity index (χ4n) is 3.63. The van der Waals surface area contributed by atoms with Crippen LogP contribution in [-0.2, 0) is 4.74 Å². The molecule has 0 spiro atoms. The van der Waals surface area contributed by atoms with Crippen LogP contribution in [0.15, 0.2) is 53.9 Å². The third kappa shape index (κ3) is 5.14. The van der Waals surface area contributed by atoms with Crippen LogP contribution in [0.3, 0.4) is 0 Å². The number of benzene rings is 1. The Morgan fingerprint density at radius 3 is 2.90 bits per heavy atom. The van der Waals surface area contributed by atoms with Gasteiger partial charge in [0.05, 0.1) is 11.4 Å². The molecule has 6 heteroatoms. The van der Waals surface area contributed by atoms with E-state index in [1.54, 1.807) is 13.3 Å². The fraction of sp³-hybridized carbons (Fsp3) is 0.360. The minimum Gasteiger partial charge on any atom is -0.467 e. The zero-order valence-electron chi connectivity index (χ0n) is 18.8. The number of rotatable bonds is 8. The van der Waals surface area contributed by atoms with Crippen LogP contribution < -0.4 is 26.2 Å². The summed E-state index contributed by atoms with van der Waals surface area (Å²) < 4.78 is 11.2. The lowest BCUT2D eigenvalue weighted by Gasteiger charge is -2.18. The molecule has 3 rings (SSSR count). The zero-order valence-corrected chi connectivity index (χ0v) is 18.8. The van der Waals surface area contributed by atoms with Crippen molar-refractivity contribution in [3.05, 3.63) is 70.5 Å². The molecule has 1 aromatic carbocycles. The Morgan fingerprint density at radius 1 is 1.32 bits per heavy atom. The van der Waals surface area contributed by atoms with Gasteiger partial charge in [0.1, 0.15) is 5.75 Å². The van der Waals surface area contributed by atoms with Gasteiger partial charge in [-0.3, -0.25) is 9.98 Å². The monoisotopic (exact) mass is 420 g/mol. The number of aliphatic imine (C=N–C) groups is 1. The second-order valence-electron chi connectivity index (χ2n) is 7.57. The number of fused-ring (bicyclic) bond motifs is 1. The first-order valence-electron chi connectivity index (χ1n) is 10.7. The molecule has 0 aliphatic carbocycles. The smallest absolute Gasteiger partial charge is 0.188 e. The summed E-state index contributed by atoms with van der Waals surface area (Å²) in [6, 6.07) is 8.23. The van der Waals surface area contributed by atoms with Gasteiger partial charge in [-0.2, -0.15) is 0 Å². The normalized spacial score (nSPS) is 15.4. The number of nitrogens with zero attached hydrogens (tertiary/aromatic N) is 2. The van der Waals surface area contributed by atoms with E-state index in [1.807, 2.05) is 31.5 Å². The van der Waals surface area contributed by atoms with Crippen molar-refractivity contribution in [2.45, 2.75) is 33.6 Å². The number of nitrogens with one attached hydrogen (secondary N) is 1. The number of hydrogen-bond acceptors (Lipinski definition) is 6. The molecule has 0 bridgehead atoms. The van der Waals surface area contributed by atoms with Crippen molar-refractivity contribution in [3.8, 4) is 5.75 Å². The minimum atomic E-state index is 0.159. The summed E-state index contributed by atoms with van der Waals surface area (Å²) in [6.45, 7) is 7.23. The van der Waals surface area contributed by atoms with Gasteiger partial charge in [-0.25, -0.2) is 0 Å². The van der Waals surface area contributed by atoms with Crippen LogP contribution in [0.5, 0.6) is 5.75 Å². The number of ether oxygens (including phenoxy) is 2. The van der Waals surface area contributed by atoms with Crippen molar-refractivity contribution in [3.63, 3.8) is 0 Å². The first-order chi connectivity index (χ1) is 15.1. The van der Waals surface area contributed by atoms with Gasteiger partial charge in [-0.15, -0.1) is 0 Å². The predicted molar refractivity (Wildman–Crippen MR) is 126 cm³/mol. The van der Waals surface area contributed by atoms with E-state index in [-0.39, 0.29) is 6.79 Å². The van der Waals surface area contributed by atoms with Crippen molar-refractivity contribution >= 4 is 17.1 Å². The lowest BCUT2D eigenvalue weighted by Crippen LogP contribution is -2.33. The molecule has 1 atom stereocenters. The standard InChI is InChI=1S/C25H32N4O2/c1-5-11-28-24(17(3)6-2)18-7-8-20(23(14-18)31-16-30-4)25-19-9-12-27-15-21(19)22(26)10-13-29-25/h5,7-9,11-12,14-15,17,29H,6,10,13,16,26H2,1-4H3/b11-5-,28-24?. The van der Waals surface area contributed by atoms with E-state index in [0.717, 1.165) is 63.8 Å². The number of hydrogen-bond donors (Lipinski definition) is 2. The molecule has 0 fully saturated rings. The highest BCUT2D eigenvalue weighted by Crippen LogP contribution is 2.27. The van der Waals surface area contributed by atoms with E-state index in [9.17, 15) is 0 Å². The summed E-state index contributed by atoms with van der Waals surface area (Å²) in [6.07, 6.45) is 9.15. The highest BCUT2D eigenvalue weighted by atomic mass is 16.7. The van der Waals surface area contributed by atoms with Crippen LogP contribution in [-0.4, -0.2) is 31.1 Å². The van der Waals surface area contributed by atoms with E-state index in [0.29, 0.717) is 5.92 Å². The molecule has 2 heterocycles. The Labute approximate surface area is 184 Å². The van der Waals surface area contributed by atoms with Gasteiger partial charge < -0.3 is 20.5 Å². The molecule has 6 nitrogen and oxygen atoms in total. The number of allylic oxidation sites excluding steroid dienone is 1. The fourth-order valence-corrected chi connectivity index (χ4v) is 3.63. The second kappa shape index (κ2) is 10.8. The molecule has 1 aliphatic heterocycles. The highest BCUT2D eigenvalue weighted by molar-refractivity contribution is 6.03. The van der Waals surface area contributed by atoms with Crippen LogP contribution in [0.4, 0.5) is 0 Å². The number of aromatic nitrogens is 1. The van der Waals surface area contributed by atoms with Crippen molar-refractivity contribution in [1.29, 1.82) is 0 Å². The van der Waals surface area contributed by atoms with Crippen LogP contribution >= 0.6 is 0 Å². The van der Waals surface area contributed by atoms with Crippen LogP contribution in [0, 0.1) is 5.92 Å². The maximum atomic E-state index is 6.31. The van der Waals surface area contributed by atoms with E-state index < -0.39 is 0 Å². The van der Waals surface area contributed by atoms with Gasteiger partial charge in [0, 0.05) is 60.4 Å². The summed E-state index contributed by atoms with van der Waals surface area (Å²) in [5.74, 6) is 1.06. The molecule has 31 heavy (non-hydrogen) atoms. The largest absolute Gasteiger partial charge is 0.467 e. The molecule has 1 unspecified atom stereocenters. The van der Waals surface area contributed by atoms with Crippen molar-refractivity contribution in [1.82, 2.24) is 10.3 Å². The lowest BCUT2D eigenvalue weighted by molar-refractivity contribution is 0.0509. The topological polar surface area (TPSA) is 81.8 Å². The Bertz CT molecular complexity index is 1090. The van der Waals surface area contributed by atoms with Crippen molar-refractivity contribution < 1.29 is 9.47 Å². The molecule has 0 saturated heterocycles. The van der Waals surface area contributed by atoms with Crippen LogP contribution in [0.2, 0.25) is 0 Å². The van der Waals surface area contributed by atoms with Crippen molar-refractivity contribution in [2.24, 2.45) is 16.6 Å². The minimum absolute atomic E-state index is 0.159. The quantitative estimate of drug-likeness (QED) is 0.507. The summed E-state index contributed by atoms with van der Waals surface area (Å²) in [7, 11) is 1.62. The molecule has 3 N–H and O–H groups in total. The van der Waals surface area contributed by atoms with E-state index >= 15 is 0 Å². The van der Waals surface area contributed by atoms with Gasteiger partial charge in [-0.05, 0) is 43.0 Å². The average molecular weight is 421 g/mol. The number of nitrogens with two attached hydrogens (primary N) is 1. The van der Waals surface area contributed by atoms with Gasteiger partial charge in [0.15, 0.2) is 6.79 Å². The van der Waals surface area contributed by atoms with Crippen LogP contribution in [0.1, 0.15) is 44.7 Å². The third-order valence-electron chi connectivity index (χ3n) is 5.45. The summed E-state index contributed by atoms with van der Waals surface area (Å²) in [5.41, 5.74) is 11.2. The Balaban J connectivity index is 2.23. The molecule has 164 valence electrons. The summed E-state index contributed by atoms with van der Waals surface area (Å²) in [4.78, 5) is 8.98.